The number of likely N-dealkylation sites (tertiary alicyclic amines) is 1. The van der Waals surface area contributed by atoms with Crippen molar-refractivity contribution in [3.8, 4) is 0 Å². The van der Waals surface area contributed by atoms with Crippen molar-refractivity contribution in [3.63, 3.8) is 0 Å². The molecule has 2 saturated heterocycles. The molecule has 0 saturated carbocycles. The first kappa shape index (κ1) is 19.0. The second kappa shape index (κ2) is 7.98. The van der Waals surface area contributed by atoms with Crippen LogP contribution in [0.4, 0.5) is 17.6 Å². The smallest absolute Gasteiger partial charge is 0.232 e. The minimum absolute atomic E-state index is 0.208. The topological polar surface area (TPSA) is 109 Å². The van der Waals surface area contributed by atoms with E-state index in [-0.39, 0.29) is 17.7 Å². The van der Waals surface area contributed by atoms with Gasteiger partial charge in [-0.1, -0.05) is 12.1 Å². The van der Waals surface area contributed by atoms with E-state index in [9.17, 15) is 5.11 Å². The molecular formula is C20H28N6O2. The second-order valence-electron chi connectivity index (χ2n) is 7.78. The van der Waals surface area contributed by atoms with Crippen LogP contribution >= 0.6 is 0 Å². The lowest BCUT2D eigenvalue weighted by molar-refractivity contribution is -0.177. The maximum atomic E-state index is 10.4. The molecule has 0 aliphatic carbocycles. The Hall–Kier alpha value is -2.29. The van der Waals surface area contributed by atoms with Crippen molar-refractivity contribution in [1.82, 2.24) is 19.9 Å². The van der Waals surface area contributed by atoms with Gasteiger partial charge in [0.2, 0.25) is 11.9 Å². The van der Waals surface area contributed by atoms with Crippen molar-refractivity contribution in [3.05, 3.63) is 35.7 Å². The molecule has 2 aromatic rings. The fraction of sp³-hybridized carbons (Fsp3) is 0.550. The van der Waals surface area contributed by atoms with Gasteiger partial charge in [-0.15, -0.1) is 0 Å². The summed E-state index contributed by atoms with van der Waals surface area (Å²) in [4.78, 5) is 15.3. The number of aromatic nitrogens is 3. The first-order valence-electron chi connectivity index (χ1n) is 9.91. The fourth-order valence-corrected chi connectivity index (χ4v) is 4.10. The maximum absolute atomic E-state index is 10.4. The molecule has 0 radical (unpaired) electrons. The SMILES string of the molecule is Cc1cccc(Nc2nc(N)nc(CN3CCC4(CC3)OCCCC4O)n2)c1. The summed E-state index contributed by atoms with van der Waals surface area (Å²) < 4.78 is 5.98. The van der Waals surface area contributed by atoms with Crippen LogP contribution in [0.5, 0.6) is 0 Å². The third-order valence-electron chi connectivity index (χ3n) is 5.66. The van der Waals surface area contributed by atoms with Crippen LogP contribution < -0.4 is 11.1 Å². The summed E-state index contributed by atoms with van der Waals surface area (Å²) in [5, 5.41) is 13.6. The molecule has 1 aromatic heterocycles. The Labute approximate surface area is 165 Å². The molecule has 1 unspecified atom stereocenters. The second-order valence-corrected chi connectivity index (χ2v) is 7.78. The number of nitrogen functional groups attached to an aromatic ring is 1. The number of aryl methyl sites for hydroxylation is 1. The van der Waals surface area contributed by atoms with Crippen LogP contribution in [0.3, 0.4) is 0 Å². The number of nitrogens with zero attached hydrogens (tertiary/aromatic N) is 4. The van der Waals surface area contributed by atoms with E-state index in [1.807, 2.05) is 31.2 Å². The highest BCUT2D eigenvalue weighted by Crippen LogP contribution is 2.35. The largest absolute Gasteiger partial charge is 0.390 e. The molecule has 8 nitrogen and oxygen atoms in total. The number of anilines is 3. The zero-order chi connectivity index (χ0) is 19.6. The predicted octanol–water partition coefficient (Wildman–Crippen LogP) is 2.01. The molecule has 2 fully saturated rings. The Morgan fingerprint density at radius 3 is 2.86 bits per heavy atom. The van der Waals surface area contributed by atoms with E-state index >= 15 is 0 Å². The number of ether oxygens (including phenoxy) is 1. The van der Waals surface area contributed by atoms with Gasteiger partial charge in [0.25, 0.3) is 0 Å². The Kier molecular flexibility index (Phi) is 5.43. The maximum Gasteiger partial charge on any atom is 0.232 e. The first-order valence-corrected chi connectivity index (χ1v) is 9.91. The molecule has 0 amide bonds. The van der Waals surface area contributed by atoms with Crippen molar-refractivity contribution in [2.75, 3.05) is 30.7 Å². The number of aliphatic hydroxyl groups is 1. The van der Waals surface area contributed by atoms with Gasteiger partial charge in [0.05, 0.1) is 18.2 Å². The van der Waals surface area contributed by atoms with Crippen molar-refractivity contribution >= 4 is 17.6 Å². The third-order valence-corrected chi connectivity index (χ3v) is 5.66. The van der Waals surface area contributed by atoms with E-state index < -0.39 is 0 Å². The van der Waals surface area contributed by atoms with Crippen LogP contribution in [0.1, 0.15) is 37.1 Å². The lowest BCUT2D eigenvalue weighted by Gasteiger charge is -2.46. The van der Waals surface area contributed by atoms with Crippen LogP contribution in [-0.2, 0) is 11.3 Å². The van der Waals surface area contributed by atoms with Gasteiger partial charge in [-0.2, -0.15) is 15.0 Å². The average Bonchev–Trinajstić information content (AvgIpc) is 2.66. The molecule has 4 N–H and O–H groups in total. The quantitative estimate of drug-likeness (QED) is 0.734. The monoisotopic (exact) mass is 384 g/mol. The van der Waals surface area contributed by atoms with Crippen LogP contribution in [0, 0.1) is 6.92 Å². The minimum Gasteiger partial charge on any atom is -0.390 e. The zero-order valence-electron chi connectivity index (χ0n) is 16.3. The molecule has 1 atom stereocenters. The molecule has 4 rings (SSSR count). The molecule has 0 bridgehead atoms. The number of aliphatic hydroxyl groups excluding tert-OH is 1. The van der Waals surface area contributed by atoms with Crippen molar-refractivity contribution < 1.29 is 9.84 Å². The molecule has 8 heteroatoms. The Balaban J connectivity index is 1.40. The molecule has 2 aliphatic rings. The number of rotatable bonds is 4. The van der Waals surface area contributed by atoms with Crippen molar-refractivity contribution in [2.24, 2.45) is 0 Å². The van der Waals surface area contributed by atoms with Crippen LogP contribution in [0.15, 0.2) is 24.3 Å². The minimum atomic E-state index is -0.370. The molecule has 3 heterocycles. The standard InChI is InChI=1S/C20H28N6O2/c1-14-4-2-5-15(12-14)22-19-24-17(23-18(21)25-19)13-26-9-7-20(8-10-26)16(27)6-3-11-28-20/h2,4-5,12,16,27H,3,6-11,13H2,1H3,(H3,21,22,23,24,25). The van der Waals surface area contributed by atoms with E-state index in [4.69, 9.17) is 10.5 Å². The third kappa shape index (κ3) is 4.24. The Morgan fingerprint density at radius 2 is 2.11 bits per heavy atom. The van der Waals surface area contributed by atoms with Gasteiger partial charge in [-0.05, 0) is 50.3 Å². The van der Waals surface area contributed by atoms with Crippen molar-refractivity contribution in [1.29, 1.82) is 0 Å². The lowest BCUT2D eigenvalue weighted by Crippen LogP contribution is -2.55. The molecule has 2 aliphatic heterocycles. The number of nitrogens with one attached hydrogen (secondary N) is 1. The normalized spacial score (nSPS) is 22.3. The number of piperidine rings is 1. The summed E-state index contributed by atoms with van der Waals surface area (Å²) in [6.07, 6.45) is 3.05. The van der Waals surface area contributed by atoms with Crippen LogP contribution in [-0.4, -0.2) is 56.4 Å². The number of nitrogens with two attached hydrogens (primary N) is 1. The van der Waals surface area contributed by atoms with E-state index in [1.165, 1.54) is 0 Å². The predicted molar refractivity (Wildman–Crippen MR) is 107 cm³/mol. The summed E-state index contributed by atoms with van der Waals surface area (Å²) >= 11 is 0. The summed E-state index contributed by atoms with van der Waals surface area (Å²) in [5.41, 5.74) is 7.60. The lowest BCUT2D eigenvalue weighted by atomic mass is 9.82. The van der Waals surface area contributed by atoms with Gasteiger partial charge < -0.3 is 20.9 Å². The van der Waals surface area contributed by atoms with Crippen LogP contribution in [0.2, 0.25) is 0 Å². The highest BCUT2D eigenvalue weighted by molar-refractivity contribution is 5.54. The van der Waals surface area contributed by atoms with Gasteiger partial charge in [-0.3, -0.25) is 4.90 Å². The van der Waals surface area contributed by atoms with E-state index in [2.05, 4.69) is 25.2 Å². The van der Waals surface area contributed by atoms with Gasteiger partial charge in [0.15, 0.2) is 0 Å². The molecule has 150 valence electrons. The van der Waals surface area contributed by atoms with Gasteiger partial charge in [-0.25, -0.2) is 0 Å². The summed E-state index contributed by atoms with van der Waals surface area (Å²) in [6, 6.07) is 8.01. The van der Waals surface area contributed by atoms with E-state index in [0.29, 0.717) is 18.3 Å². The van der Waals surface area contributed by atoms with Gasteiger partial charge in [0, 0.05) is 25.4 Å². The fourth-order valence-electron chi connectivity index (χ4n) is 4.10. The van der Waals surface area contributed by atoms with Gasteiger partial charge >= 0.3 is 0 Å². The molecule has 1 aromatic carbocycles. The average molecular weight is 384 g/mol. The van der Waals surface area contributed by atoms with E-state index in [0.717, 1.165) is 56.6 Å². The highest BCUT2D eigenvalue weighted by Gasteiger charge is 2.43. The zero-order valence-corrected chi connectivity index (χ0v) is 16.3. The Morgan fingerprint density at radius 1 is 1.29 bits per heavy atom. The highest BCUT2D eigenvalue weighted by atomic mass is 16.5. The van der Waals surface area contributed by atoms with Gasteiger partial charge in [0.1, 0.15) is 5.82 Å². The molecular weight excluding hydrogens is 356 g/mol. The van der Waals surface area contributed by atoms with Crippen LogP contribution in [0.25, 0.3) is 0 Å². The first-order chi connectivity index (χ1) is 13.5. The molecule has 1 spiro atoms. The number of hydrogen-bond donors (Lipinski definition) is 3. The summed E-state index contributed by atoms with van der Waals surface area (Å²) in [5.74, 6) is 1.30. The summed E-state index contributed by atoms with van der Waals surface area (Å²) in [7, 11) is 0. The van der Waals surface area contributed by atoms with E-state index in [1.54, 1.807) is 0 Å². The Bertz CT molecular complexity index is 822. The van der Waals surface area contributed by atoms with Crippen molar-refractivity contribution in [2.45, 2.75) is 50.9 Å². The summed E-state index contributed by atoms with van der Waals surface area (Å²) in [6.45, 7) is 5.05. The number of benzene rings is 1. The number of hydrogen-bond acceptors (Lipinski definition) is 8. The molecule has 28 heavy (non-hydrogen) atoms.